The van der Waals surface area contributed by atoms with Crippen LogP contribution in [-0.4, -0.2) is 5.94 Å². The first kappa shape index (κ1) is 7.12. The number of hydrogen-bond donors (Lipinski definition) is 0. The minimum atomic E-state index is 0.396. The molecule has 60 valence electrons. The van der Waals surface area contributed by atoms with Gasteiger partial charge in [0.25, 0.3) is 0 Å². The molecule has 1 nitrogen and oxygen atoms in total. The molecule has 0 amide bonds. The minimum absolute atomic E-state index is 0.396. The minimum Gasteiger partial charge on any atom is -0.234 e. The lowest BCUT2D eigenvalue weighted by Crippen LogP contribution is -2.16. The van der Waals surface area contributed by atoms with Gasteiger partial charge in [-0.1, -0.05) is 13.8 Å². The molecule has 0 saturated heterocycles. The van der Waals surface area contributed by atoms with E-state index in [1.165, 1.54) is 12.8 Å². The highest BCUT2D eigenvalue weighted by Crippen LogP contribution is 2.59. The highest BCUT2D eigenvalue weighted by Gasteiger charge is 2.51. The Morgan fingerprint density at radius 2 is 2.18 bits per heavy atom. The molecule has 2 aliphatic rings. The Morgan fingerprint density at radius 1 is 1.45 bits per heavy atom. The van der Waals surface area contributed by atoms with Crippen LogP contribution in [-0.2, 0) is 4.79 Å². The van der Waals surface area contributed by atoms with Gasteiger partial charge in [-0.05, 0) is 36.5 Å². The van der Waals surface area contributed by atoms with E-state index in [1.54, 1.807) is 0 Å². The summed E-state index contributed by atoms with van der Waals surface area (Å²) in [4.78, 5) is 10.5. The summed E-state index contributed by atoms with van der Waals surface area (Å²) in [6.07, 6.45) is 3.58. The van der Waals surface area contributed by atoms with Gasteiger partial charge in [0.1, 0.15) is 5.94 Å². The molecule has 2 bridgehead atoms. The molecule has 2 fully saturated rings. The van der Waals surface area contributed by atoms with E-state index in [4.69, 9.17) is 0 Å². The fourth-order valence-corrected chi connectivity index (χ4v) is 2.91. The Kier molecular flexibility index (Phi) is 1.28. The summed E-state index contributed by atoms with van der Waals surface area (Å²) in [6, 6.07) is 0. The Morgan fingerprint density at radius 3 is 2.45 bits per heavy atom. The van der Waals surface area contributed by atoms with Crippen molar-refractivity contribution in [3.8, 4) is 0 Å². The Hall–Kier alpha value is -0.550. The maximum absolute atomic E-state index is 10.5. The van der Waals surface area contributed by atoms with E-state index >= 15 is 0 Å². The first-order valence-corrected chi connectivity index (χ1v) is 4.40. The largest absolute Gasteiger partial charge is 0.234 e. The normalized spacial score (nSPS) is 39.3. The van der Waals surface area contributed by atoms with Crippen molar-refractivity contribution in [2.45, 2.75) is 33.1 Å². The van der Waals surface area contributed by atoms with Gasteiger partial charge in [-0.25, -0.2) is 4.79 Å². The summed E-state index contributed by atoms with van der Waals surface area (Å²) < 4.78 is 0. The van der Waals surface area contributed by atoms with Crippen LogP contribution < -0.4 is 0 Å². The lowest BCUT2D eigenvalue weighted by molar-refractivity contribution is 0.267. The molecule has 0 aromatic carbocycles. The summed E-state index contributed by atoms with van der Waals surface area (Å²) >= 11 is 0. The number of allylic oxidation sites excluding steroid dienone is 1. The highest BCUT2D eigenvalue weighted by atomic mass is 16.1. The lowest BCUT2D eigenvalue weighted by Gasteiger charge is -2.22. The van der Waals surface area contributed by atoms with Crippen LogP contribution in [0.2, 0.25) is 0 Å². The molecule has 2 aliphatic carbocycles. The third kappa shape index (κ3) is 0.750. The first-order chi connectivity index (χ1) is 5.16. The van der Waals surface area contributed by atoms with Crippen molar-refractivity contribution in [3.63, 3.8) is 0 Å². The van der Waals surface area contributed by atoms with Crippen molar-refractivity contribution >= 4 is 5.94 Å². The second-order valence-electron chi connectivity index (χ2n) is 4.48. The SMILES string of the molecule is CC1(C)C2CCC1C(=C=O)C2. The molecule has 1 heteroatoms. The average Bonchev–Trinajstić information content (AvgIpc) is 2.40. The molecule has 2 rings (SSSR count). The number of fused-ring (bicyclic) bond motifs is 2. The molecular weight excluding hydrogens is 136 g/mol. The summed E-state index contributed by atoms with van der Waals surface area (Å²) in [5.74, 6) is 3.45. The highest BCUT2D eigenvalue weighted by molar-refractivity contribution is 5.56. The fraction of sp³-hybridized carbons (Fsp3) is 0.800. The van der Waals surface area contributed by atoms with Gasteiger partial charge < -0.3 is 0 Å². The van der Waals surface area contributed by atoms with Crippen LogP contribution in [0.4, 0.5) is 0 Å². The Balaban J connectivity index is 2.40. The summed E-state index contributed by atoms with van der Waals surface area (Å²) in [5.41, 5.74) is 1.46. The van der Waals surface area contributed by atoms with Crippen LogP contribution in [0.15, 0.2) is 5.57 Å². The van der Waals surface area contributed by atoms with Gasteiger partial charge in [-0.15, -0.1) is 0 Å². The van der Waals surface area contributed by atoms with Gasteiger partial charge in [0.05, 0.1) is 0 Å². The van der Waals surface area contributed by atoms with E-state index < -0.39 is 0 Å². The zero-order valence-electron chi connectivity index (χ0n) is 7.18. The second-order valence-corrected chi connectivity index (χ2v) is 4.48. The molecule has 0 N–H and O–H groups in total. The maximum atomic E-state index is 10.5. The molecule has 11 heavy (non-hydrogen) atoms. The molecule has 0 radical (unpaired) electrons. The monoisotopic (exact) mass is 150 g/mol. The molecule has 0 spiro atoms. The third-order valence-electron chi connectivity index (χ3n) is 3.77. The topological polar surface area (TPSA) is 17.1 Å². The van der Waals surface area contributed by atoms with Gasteiger partial charge in [-0.2, -0.15) is 0 Å². The van der Waals surface area contributed by atoms with Crippen molar-refractivity contribution in [3.05, 3.63) is 5.57 Å². The molecule has 0 aromatic rings. The van der Waals surface area contributed by atoms with E-state index in [-0.39, 0.29) is 0 Å². The number of carbonyl (C=O) groups excluding carboxylic acids is 1. The third-order valence-corrected chi connectivity index (χ3v) is 3.77. The van der Waals surface area contributed by atoms with E-state index in [0.29, 0.717) is 11.3 Å². The number of hydrogen-bond acceptors (Lipinski definition) is 1. The van der Waals surface area contributed by atoms with E-state index in [9.17, 15) is 4.79 Å². The van der Waals surface area contributed by atoms with E-state index in [2.05, 4.69) is 19.8 Å². The van der Waals surface area contributed by atoms with Crippen molar-refractivity contribution in [2.24, 2.45) is 17.3 Å². The Bertz CT molecular complexity index is 233. The molecule has 0 aliphatic heterocycles. The van der Waals surface area contributed by atoms with Gasteiger partial charge in [0.2, 0.25) is 0 Å². The van der Waals surface area contributed by atoms with Crippen molar-refractivity contribution in [2.75, 3.05) is 0 Å². The van der Waals surface area contributed by atoms with Crippen molar-refractivity contribution in [1.82, 2.24) is 0 Å². The first-order valence-electron chi connectivity index (χ1n) is 4.40. The van der Waals surface area contributed by atoms with Gasteiger partial charge in [-0.3, -0.25) is 0 Å². The summed E-state index contributed by atoms with van der Waals surface area (Å²) in [6.45, 7) is 4.58. The molecule has 2 unspecified atom stereocenters. The van der Waals surface area contributed by atoms with Crippen LogP contribution in [0.3, 0.4) is 0 Å². The average molecular weight is 150 g/mol. The quantitative estimate of drug-likeness (QED) is 0.484. The van der Waals surface area contributed by atoms with Crippen LogP contribution in [0, 0.1) is 17.3 Å². The van der Waals surface area contributed by atoms with Gasteiger partial charge in [0.15, 0.2) is 0 Å². The Labute approximate surface area is 67.5 Å². The van der Waals surface area contributed by atoms with Gasteiger partial charge in [0, 0.05) is 5.57 Å². The smallest absolute Gasteiger partial charge is 0.123 e. The number of rotatable bonds is 0. The van der Waals surface area contributed by atoms with E-state index in [0.717, 1.165) is 17.9 Å². The molecule has 2 saturated carbocycles. The summed E-state index contributed by atoms with van der Waals surface area (Å²) in [7, 11) is 0. The van der Waals surface area contributed by atoms with Gasteiger partial charge >= 0.3 is 0 Å². The van der Waals surface area contributed by atoms with Crippen LogP contribution in [0.1, 0.15) is 33.1 Å². The fourth-order valence-electron chi connectivity index (χ4n) is 2.91. The summed E-state index contributed by atoms with van der Waals surface area (Å²) in [5, 5.41) is 0. The van der Waals surface area contributed by atoms with Crippen LogP contribution in [0.25, 0.3) is 0 Å². The van der Waals surface area contributed by atoms with Crippen LogP contribution >= 0.6 is 0 Å². The lowest BCUT2D eigenvalue weighted by atomic mass is 9.82. The predicted molar refractivity (Wildman–Crippen MR) is 43.8 cm³/mol. The second kappa shape index (κ2) is 1.98. The zero-order valence-corrected chi connectivity index (χ0v) is 7.18. The standard InChI is InChI=1S/C10H14O/c1-10(2)8-3-4-9(10)7(5-8)6-11/h8-9H,3-5H2,1-2H3. The molecule has 0 heterocycles. The van der Waals surface area contributed by atoms with Crippen LogP contribution in [0.5, 0.6) is 0 Å². The molecule has 2 atom stereocenters. The molecule has 0 aromatic heterocycles. The maximum Gasteiger partial charge on any atom is 0.123 e. The van der Waals surface area contributed by atoms with E-state index in [1.807, 2.05) is 0 Å². The predicted octanol–water partition coefficient (Wildman–Crippen LogP) is 2.20. The zero-order chi connectivity index (χ0) is 8.06. The molecular formula is C10H14O. The van der Waals surface area contributed by atoms with Crippen molar-refractivity contribution in [1.29, 1.82) is 0 Å². The van der Waals surface area contributed by atoms with Crippen molar-refractivity contribution < 1.29 is 4.79 Å².